The summed E-state index contributed by atoms with van der Waals surface area (Å²) >= 11 is 12.4. The van der Waals surface area contributed by atoms with Crippen LogP contribution in [0.1, 0.15) is 31.2 Å². The van der Waals surface area contributed by atoms with Gasteiger partial charge in [-0.3, -0.25) is 4.68 Å². The van der Waals surface area contributed by atoms with Crippen molar-refractivity contribution in [2.24, 2.45) is 0 Å². The summed E-state index contributed by atoms with van der Waals surface area (Å²) in [4.78, 5) is 4.01. The first-order valence-electron chi connectivity index (χ1n) is 8.21. The van der Waals surface area contributed by atoms with Gasteiger partial charge in [0.1, 0.15) is 24.2 Å². The third-order valence-corrected chi connectivity index (χ3v) is 4.55. The first-order valence-corrected chi connectivity index (χ1v) is 8.96. The predicted molar refractivity (Wildman–Crippen MR) is 101 cm³/mol. The highest BCUT2D eigenvalue weighted by atomic mass is 35.5. The molecule has 1 heterocycles. The average Bonchev–Trinajstić information content (AvgIpc) is 3.10. The maximum absolute atomic E-state index is 6.55. The van der Waals surface area contributed by atoms with Crippen molar-refractivity contribution >= 4 is 23.2 Å². The first kappa shape index (κ1) is 17.8. The van der Waals surface area contributed by atoms with E-state index in [-0.39, 0.29) is 5.92 Å². The molecule has 0 aliphatic rings. The molecule has 0 bridgehead atoms. The molecule has 4 nitrogen and oxygen atoms in total. The SMILES string of the molecule is CCCC(Cn1cncn1)c1ccc(Oc2ccc(Cl)cc2)cc1Cl. The minimum Gasteiger partial charge on any atom is -0.457 e. The molecule has 0 fully saturated rings. The van der Waals surface area contributed by atoms with Gasteiger partial charge < -0.3 is 4.74 Å². The highest BCUT2D eigenvalue weighted by Crippen LogP contribution is 2.33. The van der Waals surface area contributed by atoms with Gasteiger partial charge in [0.25, 0.3) is 0 Å². The van der Waals surface area contributed by atoms with Gasteiger partial charge >= 0.3 is 0 Å². The lowest BCUT2D eigenvalue weighted by Crippen LogP contribution is -2.10. The van der Waals surface area contributed by atoms with E-state index in [0.29, 0.717) is 15.8 Å². The van der Waals surface area contributed by atoms with Gasteiger partial charge in [-0.2, -0.15) is 5.10 Å². The summed E-state index contributed by atoms with van der Waals surface area (Å²) in [6, 6.07) is 13.1. The maximum Gasteiger partial charge on any atom is 0.137 e. The molecule has 2 aromatic carbocycles. The third-order valence-electron chi connectivity index (χ3n) is 3.97. The van der Waals surface area contributed by atoms with Crippen LogP contribution in [0.15, 0.2) is 55.1 Å². The van der Waals surface area contributed by atoms with E-state index in [1.54, 1.807) is 24.8 Å². The second-order valence-electron chi connectivity index (χ2n) is 5.84. The average molecular weight is 376 g/mol. The van der Waals surface area contributed by atoms with E-state index < -0.39 is 0 Å². The number of hydrogen-bond acceptors (Lipinski definition) is 3. The van der Waals surface area contributed by atoms with Crippen molar-refractivity contribution in [3.63, 3.8) is 0 Å². The summed E-state index contributed by atoms with van der Waals surface area (Å²) < 4.78 is 7.69. The lowest BCUT2D eigenvalue weighted by Gasteiger charge is -2.18. The molecule has 25 heavy (non-hydrogen) atoms. The molecule has 0 spiro atoms. The maximum atomic E-state index is 6.55. The number of benzene rings is 2. The van der Waals surface area contributed by atoms with Crippen LogP contribution in [0.2, 0.25) is 10.0 Å². The predicted octanol–water partition coefficient (Wildman–Crippen LogP) is 5.96. The van der Waals surface area contributed by atoms with Gasteiger partial charge in [0.05, 0.1) is 0 Å². The van der Waals surface area contributed by atoms with Crippen molar-refractivity contribution in [2.45, 2.75) is 32.2 Å². The standard InChI is InChI=1S/C19H19Cl2N3O/c1-2-3-14(11-24-13-22-12-23-24)18-9-8-17(10-19(18)21)25-16-6-4-15(20)5-7-16/h4-10,12-14H,2-3,11H2,1H3. The molecule has 0 aliphatic carbocycles. The van der Waals surface area contributed by atoms with Crippen LogP contribution in [0.5, 0.6) is 11.5 Å². The lowest BCUT2D eigenvalue weighted by atomic mass is 9.94. The molecular weight excluding hydrogens is 357 g/mol. The van der Waals surface area contributed by atoms with Crippen LogP contribution in [0.25, 0.3) is 0 Å². The zero-order valence-electron chi connectivity index (χ0n) is 13.9. The van der Waals surface area contributed by atoms with Gasteiger partial charge in [0.2, 0.25) is 0 Å². The van der Waals surface area contributed by atoms with Crippen molar-refractivity contribution in [3.8, 4) is 11.5 Å². The van der Waals surface area contributed by atoms with Crippen molar-refractivity contribution in [2.75, 3.05) is 0 Å². The van der Waals surface area contributed by atoms with E-state index in [2.05, 4.69) is 17.0 Å². The molecule has 0 saturated heterocycles. The van der Waals surface area contributed by atoms with E-state index in [1.807, 2.05) is 35.0 Å². The normalized spacial score (nSPS) is 12.1. The Kier molecular flexibility index (Phi) is 5.95. The molecule has 130 valence electrons. The number of ether oxygens (including phenoxy) is 1. The zero-order valence-corrected chi connectivity index (χ0v) is 15.4. The third kappa shape index (κ3) is 4.74. The molecule has 0 amide bonds. The van der Waals surface area contributed by atoms with Crippen LogP contribution in [0, 0.1) is 0 Å². The lowest BCUT2D eigenvalue weighted by molar-refractivity contribution is 0.475. The van der Waals surface area contributed by atoms with Gasteiger partial charge in [0.15, 0.2) is 0 Å². The van der Waals surface area contributed by atoms with E-state index in [1.165, 1.54) is 0 Å². The summed E-state index contributed by atoms with van der Waals surface area (Å²) in [6.07, 6.45) is 5.37. The molecule has 1 unspecified atom stereocenters. The van der Waals surface area contributed by atoms with Crippen LogP contribution in [0.4, 0.5) is 0 Å². The Morgan fingerprint density at radius 2 is 1.84 bits per heavy atom. The number of nitrogens with zero attached hydrogens (tertiary/aromatic N) is 3. The van der Waals surface area contributed by atoms with E-state index in [0.717, 1.165) is 30.7 Å². The van der Waals surface area contributed by atoms with Gasteiger partial charge in [-0.1, -0.05) is 42.6 Å². The fraction of sp³-hybridized carbons (Fsp3) is 0.263. The topological polar surface area (TPSA) is 39.9 Å². The van der Waals surface area contributed by atoms with E-state index in [4.69, 9.17) is 27.9 Å². The van der Waals surface area contributed by atoms with Crippen molar-refractivity contribution in [1.82, 2.24) is 14.8 Å². The van der Waals surface area contributed by atoms with Crippen LogP contribution >= 0.6 is 23.2 Å². The number of halogens is 2. The van der Waals surface area contributed by atoms with Gasteiger partial charge in [-0.25, -0.2) is 4.98 Å². The second kappa shape index (κ2) is 8.37. The summed E-state index contributed by atoms with van der Waals surface area (Å²) in [5, 5.41) is 5.58. The number of aromatic nitrogens is 3. The van der Waals surface area contributed by atoms with Crippen LogP contribution in [-0.2, 0) is 6.54 Å². The molecule has 0 N–H and O–H groups in total. The largest absolute Gasteiger partial charge is 0.457 e. The van der Waals surface area contributed by atoms with Crippen molar-refractivity contribution < 1.29 is 4.74 Å². The minimum absolute atomic E-state index is 0.281. The van der Waals surface area contributed by atoms with Gasteiger partial charge in [-0.15, -0.1) is 0 Å². The Hall–Kier alpha value is -2.04. The fourth-order valence-corrected chi connectivity index (χ4v) is 3.24. The zero-order chi connectivity index (χ0) is 17.6. The van der Waals surface area contributed by atoms with Crippen LogP contribution in [-0.4, -0.2) is 14.8 Å². The summed E-state index contributed by atoms with van der Waals surface area (Å²) in [5.74, 6) is 1.71. The molecule has 6 heteroatoms. The molecule has 3 rings (SSSR count). The van der Waals surface area contributed by atoms with E-state index in [9.17, 15) is 0 Å². The summed E-state index contributed by atoms with van der Waals surface area (Å²) in [5.41, 5.74) is 1.10. The monoisotopic (exact) mass is 375 g/mol. The number of rotatable bonds is 7. The molecule has 0 aliphatic heterocycles. The highest BCUT2D eigenvalue weighted by Gasteiger charge is 2.16. The molecule has 0 radical (unpaired) electrons. The van der Waals surface area contributed by atoms with Crippen molar-refractivity contribution in [3.05, 3.63) is 70.7 Å². The van der Waals surface area contributed by atoms with E-state index >= 15 is 0 Å². The molecular formula is C19H19Cl2N3O. The van der Waals surface area contributed by atoms with Gasteiger partial charge in [0, 0.05) is 22.5 Å². The molecule has 3 aromatic rings. The summed E-state index contributed by atoms with van der Waals surface area (Å²) in [7, 11) is 0. The Morgan fingerprint density at radius 3 is 2.48 bits per heavy atom. The van der Waals surface area contributed by atoms with Crippen molar-refractivity contribution in [1.29, 1.82) is 0 Å². The second-order valence-corrected chi connectivity index (χ2v) is 6.69. The molecule has 0 saturated carbocycles. The molecule has 1 atom stereocenters. The molecule has 1 aromatic heterocycles. The Bertz CT molecular complexity index is 804. The summed E-state index contributed by atoms with van der Waals surface area (Å²) in [6.45, 7) is 2.92. The minimum atomic E-state index is 0.281. The Morgan fingerprint density at radius 1 is 1.08 bits per heavy atom. The Labute approximate surface area is 157 Å². The van der Waals surface area contributed by atoms with Crippen LogP contribution in [0.3, 0.4) is 0 Å². The highest BCUT2D eigenvalue weighted by molar-refractivity contribution is 6.31. The fourth-order valence-electron chi connectivity index (χ4n) is 2.79. The van der Waals surface area contributed by atoms with Crippen LogP contribution < -0.4 is 4.74 Å². The smallest absolute Gasteiger partial charge is 0.137 e. The van der Waals surface area contributed by atoms with Gasteiger partial charge in [-0.05, 0) is 48.4 Å². The number of hydrogen-bond donors (Lipinski definition) is 0. The quantitative estimate of drug-likeness (QED) is 0.511. The Balaban J connectivity index is 1.78. The first-order chi connectivity index (χ1) is 12.2.